The number of ether oxygens (including phenoxy) is 1. The van der Waals surface area contributed by atoms with Crippen molar-refractivity contribution in [3.05, 3.63) is 65.4 Å². The molecule has 0 saturated heterocycles. The van der Waals surface area contributed by atoms with Gasteiger partial charge in [-0.2, -0.15) is 0 Å². The van der Waals surface area contributed by atoms with Gasteiger partial charge in [-0.05, 0) is 47.9 Å². The van der Waals surface area contributed by atoms with Crippen molar-refractivity contribution in [3.63, 3.8) is 0 Å². The summed E-state index contributed by atoms with van der Waals surface area (Å²) in [5, 5.41) is 1.01. The van der Waals surface area contributed by atoms with Crippen LogP contribution in [0.15, 0.2) is 47.6 Å². The van der Waals surface area contributed by atoms with Crippen molar-refractivity contribution in [2.45, 2.75) is 13.0 Å². The molecule has 0 aliphatic carbocycles. The molecule has 2 aromatic carbocycles. The molecule has 136 valence electrons. The van der Waals surface area contributed by atoms with Crippen molar-refractivity contribution in [2.75, 3.05) is 13.7 Å². The molecule has 3 rings (SSSR count). The Morgan fingerprint density at radius 1 is 1.12 bits per heavy atom. The number of halogens is 2. The summed E-state index contributed by atoms with van der Waals surface area (Å²) in [5.41, 5.74) is 13.5. The monoisotopic (exact) mass is 358 g/mol. The lowest BCUT2D eigenvalue weighted by Gasteiger charge is -2.07. The highest BCUT2D eigenvalue weighted by molar-refractivity contribution is 5.85. The van der Waals surface area contributed by atoms with E-state index in [0.29, 0.717) is 25.1 Å². The van der Waals surface area contributed by atoms with Crippen LogP contribution in [0.3, 0.4) is 0 Å². The molecule has 3 aromatic rings. The summed E-state index contributed by atoms with van der Waals surface area (Å²) in [6.45, 7) is 0.881. The molecule has 0 spiro atoms. The lowest BCUT2D eigenvalue weighted by Crippen LogP contribution is -2.23. The van der Waals surface area contributed by atoms with E-state index in [2.05, 4.69) is 4.99 Å². The van der Waals surface area contributed by atoms with Crippen molar-refractivity contribution in [1.29, 1.82) is 0 Å². The summed E-state index contributed by atoms with van der Waals surface area (Å²) in [7, 11) is 1.61. The summed E-state index contributed by atoms with van der Waals surface area (Å²) >= 11 is 0. The second-order valence-electron chi connectivity index (χ2n) is 5.97. The highest BCUT2D eigenvalue weighted by Gasteiger charge is 2.11. The van der Waals surface area contributed by atoms with Crippen LogP contribution in [0.1, 0.15) is 11.1 Å². The molecule has 0 aliphatic rings. The highest BCUT2D eigenvalue weighted by Crippen LogP contribution is 2.27. The normalized spacial score (nSPS) is 10.9. The standard InChI is InChI=1S/C19H20F2N4O/c1-26-14-3-5-18-15(9-14)13(6-7-24-19(22)23)11-25(18)10-12-2-4-16(20)17(21)8-12/h2-5,8-9,11H,6-7,10H2,1H3,(H4,22,23,24). The number of guanidine groups is 1. The first-order valence-corrected chi connectivity index (χ1v) is 8.13. The zero-order chi connectivity index (χ0) is 18.7. The molecule has 0 saturated carbocycles. The van der Waals surface area contributed by atoms with Crippen molar-refractivity contribution in [2.24, 2.45) is 16.5 Å². The predicted octanol–water partition coefficient (Wildman–Crippen LogP) is 2.79. The van der Waals surface area contributed by atoms with E-state index in [-0.39, 0.29) is 5.96 Å². The quantitative estimate of drug-likeness (QED) is 0.525. The summed E-state index contributed by atoms with van der Waals surface area (Å²) in [6.07, 6.45) is 2.62. The third kappa shape index (κ3) is 3.77. The molecule has 0 aliphatic heterocycles. The minimum Gasteiger partial charge on any atom is -0.497 e. The fourth-order valence-electron chi connectivity index (χ4n) is 2.95. The van der Waals surface area contributed by atoms with Crippen LogP contribution in [-0.4, -0.2) is 24.2 Å². The number of rotatable bonds is 6. The number of hydrogen-bond acceptors (Lipinski definition) is 2. The Kier molecular flexibility index (Phi) is 5.06. The molecule has 1 heterocycles. The van der Waals surface area contributed by atoms with Crippen LogP contribution < -0.4 is 16.2 Å². The van der Waals surface area contributed by atoms with Gasteiger partial charge in [0.15, 0.2) is 17.6 Å². The van der Waals surface area contributed by atoms with E-state index >= 15 is 0 Å². The van der Waals surface area contributed by atoms with Crippen molar-refractivity contribution >= 4 is 16.9 Å². The third-order valence-electron chi connectivity index (χ3n) is 4.18. The van der Waals surface area contributed by atoms with Crippen molar-refractivity contribution in [1.82, 2.24) is 4.57 Å². The molecule has 0 fully saturated rings. The molecule has 0 radical (unpaired) electrons. The first-order valence-electron chi connectivity index (χ1n) is 8.13. The molecule has 26 heavy (non-hydrogen) atoms. The smallest absolute Gasteiger partial charge is 0.185 e. The summed E-state index contributed by atoms with van der Waals surface area (Å²) in [5.74, 6) is -0.915. The average Bonchev–Trinajstić information content (AvgIpc) is 2.95. The maximum Gasteiger partial charge on any atom is 0.185 e. The molecule has 4 N–H and O–H groups in total. The lowest BCUT2D eigenvalue weighted by atomic mass is 10.1. The van der Waals surface area contributed by atoms with Gasteiger partial charge in [0.25, 0.3) is 0 Å². The highest BCUT2D eigenvalue weighted by atomic mass is 19.2. The van der Waals surface area contributed by atoms with Gasteiger partial charge >= 0.3 is 0 Å². The molecule has 0 atom stereocenters. The molecule has 5 nitrogen and oxygen atoms in total. The van der Waals surface area contributed by atoms with Gasteiger partial charge in [0, 0.05) is 30.2 Å². The Morgan fingerprint density at radius 2 is 1.92 bits per heavy atom. The van der Waals surface area contributed by atoms with Gasteiger partial charge in [0.2, 0.25) is 0 Å². The van der Waals surface area contributed by atoms with Crippen LogP contribution in [0.4, 0.5) is 8.78 Å². The number of nitrogens with two attached hydrogens (primary N) is 2. The van der Waals surface area contributed by atoms with Gasteiger partial charge in [0.05, 0.1) is 7.11 Å². The van der Waals surface area contributed by atoms with Crippen LogP contribution in [0.5, 0.6) is 5.75 Å². The first-order chi connectivity index (χ1) is 12.5. The average molecular weight is 358 g/mol. The van der Waals surface area contributed by atoms with Crippen LogP contribution in [0, 0.1) is 11.6 Å². The summed E-state index contributed by atoms with van der Waals surface area (Å²) in [6, 6.07) is 9.68. The van der Waals surface area contributed by atoms with Crippen LogP contribution >= 0.6 is 0 Å². The molecule has 0 amide bonds. The third-order valence-corrected chi connectivity index (χ3v) is 4.18. The van der Waals surface area contributed by atoms with E-state index in [1.807, 2.05) is 29.0 Å². The lowest BCUT2D eigenvalue weighted by molar-refractivity contribution is 0.415. The van der Waals surface area contributed by atoms with Gasteiger partial charge in [-0.25, -0.2) is 8.78 Å². The van der Waals surface area contributed by atoms with Gasteiger partial charge in [-0.3, -0.25) is 4.99 Å². The molecule has 1 aromatic heterocycles. The van der Waals surface area contributed by atoms with E-state index in [1.54, 1.807) is 13.2 Å². The zero-order valence-corrected chi connectivity index (χ0v) is 14.4. The van der Waals surface area contributed by atoms with E-state index in [1.165, 1.54) is 6.07 Å². The van der Waals surface area contributed by atoms with Crippen molar-refractivity contribution in [3.8, 4) is 5.75 Å². The Bertz CT molecular complexity index is 962. The number of aromatic nitrogens is 1. The maximum atomic E-state index is 13.5. The Hall–Kier alpha value is -3.09. The van der Waals surface area contributed by atoms with Gasteiger partial charge in [-0.15, -0.1) is 0 Å². The number of hydrogen-bond donors (Lipinski definition) is 2. The van der Waals surface area contributed by atoms with Crippen molar-refractivity contribution < 1.29 is 13.5 Å². The predicted molar refractivity (Wildman–Crippen MR) is 98.3 cm³/mol. The Labute approximate surface area is 149 Å². The number of aliphatic imine (C=N–C) groups is 1. The largest absolute Gasteiger partial charge is 0.497 e. The number of benzene rings is 2. The zero-order valence-electron chi connectivity index (χ0n) is 14.4. The van der Waals surface area contributed by atoms with E-state index in [0.717, 1.165) is 28.3 Å². The minimum atomic E-state index is -0.853. The fourth-order valence-corrected chi connectivity index (χ4v) is 2.95. The van der Waals surface area contributed by atoms with E-state index in [4.69, 9.17) is 16.2 Å². The summed E-state index contributed by atoms with van der Waals surface area (Å²) in [4.78, 5) is 4.02. The van der Waals surface area contributed by atoms with Gasteiger partial charge < -0.3 is 20.8 Å². The van der Waals surface area contributed by atoms with Crippen LogP contribution in [0.25, 0.3) is 10.9 Å². The van der Waals surface area contributed by atoms with Crippen LogP contribution in [0.2, 0.25) is 0 Å². The summed E-state index contributed by atoms with van der Waals surface area (Å²) < 4.78 is 34.0. The van der Waals surface area contributed by atoms with E-state index in [9.17, 15) is 8.78 Å². The second-order valence-corrected chi connectivity index (χ2v) is 5.97. The van der Waals surface area contributed by atoms with Gasteiger partial charge in [-0.1, -0.05) is 6.07 Å². The molecule has 7 heteroatoms. The van der Waals surface area contributed by atoms with E-state index < -0.39 is 11.6 Å². The Balaban J connectivity index is 1.98. The second kappa shape index (κ2) is 7.43. The number of nitrogens with zero attached hydrogens (tertiary/aromatic N) is 2. The fraction of sp³-hybridized carbons (Fsp3) is 0.211. The Morgan fingerprint density at radius 3 is 2.62 bits per heavy atom. The molecule has 0 bridgehead atoms. The number of fused-ring (bicyclic) bond motifs is 1. The molecular weight excluding hydrogens is 338 g/mol. The molecule has 0 unspecified atom stereocenters. The van der Waals surface area contributed by atoms with Gasteiger partial charge in [0.1, 0.15) is 5.75 Å². The SMILES string of the molecule is COc1ccc2c(c1)c(CCN=C(N)N)cn2Cc1ccc(F)c(F)c1. The minimum absolute atomic E-state index is 0.0492. The number of methoxy groups -OCH3 is 1. The van der Waals surface area contributed by atoms with Crippen LogP contribution in [-0.2, 0) is 13.0 Å². The first kappa shape index (κ1) is 17.7. The topological polar surface area (TPSA) is 78.6 Å². The maximum absolute atomic E-state index is 13.5. The molecular formula is C19H20F2N4O.